The van der Waals surface area contributed by atoms with E-state index in [-0.39, 0.29) is 6.10 Å². The average molecular weight is 548 g/mol. The number of imidazole rings is 1. The van der Waals surface area contributed by atoms with Crippen molar-refractivity contribution in [2.75, 3.05) is 19.7 Å². The number of rotatable bonds is 6. The maximum Gasteiger partial charge on any atom is 0.278 e. The van der Waals surface area contributed by atoms with Gasteiger partial charge >= 0.3 is 0 Å². The molecule has 1 unspecified atom stereocenters. The normalized spacial score (nSPS) is 23.3. The Morgan fingerprint density at radius 3 is 2.62 bits per heavy atom. The van der Waals surface area contributed by atoms with Crippen molar-refractivity contribution >= 4 is 22.6 Å². The van der Waals surface area contributed by atoms with E-state index < -0.39 is 11.6 Å². The van der Waals surface area contributed by atoms with Gasteiger partial charge in [-0.15, -0.1) is 0 Å². The second-order valence-corrected chi connectivity index (χ2v) is 11.3. The first-order valence-corrected chi connectivity index (χ1v) is 14.1. The number of hydrogen-bond acceptors (Lipinski definition) is 5. The van der Waals surface area contributed by atoms with Crippen LogP contribution >= 0.6 is 11.6 Å². The molecule has 8 heteroatoms. The standard InChI is InChI=1S/C31H31ClFN3O3/c1-31(24-10-9-21(32)17-25(24)33)38-28-8-4-5-23(30(28)39-31)20-11-14-35(15-12-20)19-29-34-26-6-2-3-7-27(26)36(29)18-22-13-16-37-22/h2-10,17,20,22H,11-16,18-19H2,1H3/t22-,31?/m0/s1. The van der Waals surface area contributed by atoms with Crippen LogP contribution in [0.15, 0.2) is 60.7 Å². The molecule has 3 aromatic carbocycles. The van der Waals surface area contributed by atoms with Crippen LogP contribution in [0.5, 0.6) is 11.5 Å². The third-order valence-electron chi connectivity index (χ3n) is 8.34. The number of hydrogen-bond donors (Lipinski definition) is 0. The van der Waals surface area contributed by atoms with Gasteiger partial charge in [-0.25, -0.2) is 9.37 Å². The van der Waals surface area contributed by atoms with Gasteiger partial charge in [0.2, 0.25) is 0 Å². The Morgan fingerprint density at radius 2 is 1.85 bits per heavy atom. The molecule has 0 bridgehead atoms. The molecule has 2 fully saturated rings. The van der Waals surface area contributed by atoms with Gasteiger partial charge in [0.15, 0.2) is 11.5 Å². The Labute approximate surface area is 232 Å². The molecule has 0 N–H and O–H groups in total. The van der Waals surface area contributed by atoms with Crippen molar-refractivity contribution in [3.63, 3.8) is 0 Å². The van der Waals surface area contributed by atoms with Crippen LogP contribution in [0.3, 0.4) is 0 Å². The minimum atomic E-state index is -1.24. The molecule has 39 heavy (non-hydrogen) atoms. The summed E-state index contributed by atoms with van der Waals surface area (Å²) < 4.78 is 35.4. The predicted molar refractivity (Wildman–Crippen MR) is 148 cm³/mol. The highest BCUT2D eigenvalue weighted by Gasteiger charge is 2.43. The molecule has 0 radical (unpaired) electrons. The number of nitrogens with zero attached hydrogens (tertiary/aromatic N) is 3. The lowest BCUT2D eigenvalue weighted by Gasteiger charge is -2.33. The fourth-order valence-corrected chi connectivity index (χ4v) is 6.28. The third-order valence-corrected chi connectivity index (χ3v) is 8.57. The van der Waals surface area contributed by atoms with Gasteiger partial charge in [0.1, 0.15) is 11.6 Å². The third kappa shape index (κ3) is 4.56. The fourth-order valence-electron chi connectivity index (χ4n) is 6.12. The number of aromatic nitrogens is 2. The van der Waals surface area contributed by atoms with Crippen molar-refractivity contribution in [3.05, 3.63) is 88.5 Å². The highest BCUT2D eigenvalue weighted by molar-refractivity contribution is 6.30. The van der Waals surface area contributed by atoms with Gasteiger partial charge in [0, 0.05) is 24.1 Å². The van der Waals surface area contributed by atoms with Gasteiger partial charge in [-0.05, 0) is 74.7 Å². The zero-order chi connectivity index (χ0) is 26.6. The van der Waals surface area contributed by atoms with Crippen LogP contribution in [0.2, 0.25) is 5.02 Å². The quantitative estimate of drug-likeness (QED) is 0.271. The zero-order valence-electron chi connectivity index (χ0n) is 21.9. The molecule has 3 aliphatic rings. The van der Waals surface area contributed by atoms with Crippen LogP contribution < -0.4 is 9.47 Å². The molecule has 3 aliphatic heterocycles. The maximum absolute atomic E-state index is 14.8. The van der Waals surface area contributed by atoms with Crippen LogP contribution in [-0.2, 0) is 23.6 Å². The Balaban J connectivity index is 1.07. The van der Waals surface area contributed by atoms with Crippen LogP contribution in [-0.4, -0.2) is 40.3 Å². The summed E-state index contributed by atoms with van der Waals surface area (Å²) in [7, 11) is 0. The smallest absolute Gasteiger partial charge is 0.278 e. The zero-order valence-corrected chi connectivity index (χ0v) is 22.7. The van der Waals surface area contributed by atoms with Gasteiger partial charge in [-0.1, -0.05) is 35.9 Å². The first-order chi connectivity index (χ1) is 19.0. The summed E-state index contributed by atoms with van der Waals surface area (Å²) in [5.41, 5.74) is 3.67. The van der Waals surface area contributed by atoms with Crippen LogP contribution in [0, 0.1) is 5.82 Å². The molecular formula is C31H31ClFN3O3. The van der Waals surface area contributed by atoms with Gasteiger partial charge in [0.05, 0.1) is 35.8 Å². The minimum Gasteiger partial charge on any atom is -0.444 e. The second kappa shape index (κ2) is 9.81. The number of piperidine rings is 1. The van der Waals surface area contributed by atoms with E-state index in [1.807, 2.05) is 18.2 Å². The van der Waals surface area contributed by atoms with Gasteiger partial charge in [0.25, 0.3) is 5.79 Å². The maximum atomic E-state index is 14.8. The fraction of sp³-hybridized carbons (Fsp3) is 0.387. The SMILES string of the molecule is CC1(c2ccc(Cl)cc2F)Oc2cccc(C3CCN(Cc4nc5ccccc5n4C[C@@H]4CCO4)CC3)c2O1. The lowest BCUT2D eigenvalue weighted by molar-refractivity contribution is -0.0712. The molecule has 0 saturated carbocycles. The molecule has 4 heterocycles. The van der Waals surface area contributed by atoms with Crippen LogP contribution in [0.4, 0.5) is 4.39 Å². The van der Waals surface area contributed by atoms with E-state index in [9.17, 15) is 4.39 Å². The molecule has 0 amide bonds. The molecule has 4 aromatic rings. The van der Waals surface area contributed by atoms with E-state index in [0.29, 0.717) is 22.3 Å². The number of fused-ring (bicyclic) bond motifs is 2. The summed E-state index contributed by atoms with van der Waals surface area (Å²) in [5, 5.41) is 0.342. The van der Waals surface area contributed by atoms with Crippen LogP contribution in [0.1, 0.15) is 49.1 Å². The van der Waals surface area contributed by atoms with Crippen molar-refractivity contribution in [1.29, 1.82) is 0 Å². The van der Waals surface area contributed by atoms with E-state index >= 15 is 0 Å². The summed E-state index contributed by atoms with van der Waals surface area (Å²) in [6.45, 7) is 6.20. The van der Waals surface area contributed by atoms with E-state index in [0.717, 1.165) is 74.7 Å². The summed E-state index contributed by atoms with van der Waals surface area (Å²) in [6.07, 6.45) is 3.38. The number of para-hydroxylation sites is 3. The number of likely N-dealkylation sites (tertiary alicyclic amines) is 1. The summed E-state index contributed by atoms with van der Waals surface area (Å²) in [6, 6.07) is 19.0. The van der Waals surface area contributed by atoms with E-state index in [1.54, 1.807) is 19.1 Å². The molecule has 2 saturated heterocycles. The monoisotopic (exact) mass is 547 g/mol. The number of benzene rings is 3. The van der Waals surface area contributed by atoms with Crippen LogP contribution in [0.25, 0.3) is 11.0 Å². The summed E-state index contributed by atoms with van der Waals surface area (Å²) in [5.74, 6) is 1.12. The van der Waals surface area contributed by atoms with Crippen molar-refractivity contribution in [2.45, 2.75) is 57.1 Å². The molecule has 6 nitrogen and oxygen atoms in total. The predicted octanol–water partition coefficient (Wildman–Crippen LogP) is 6.64. The molecule has 7 rings (SSSR count). The van der Waals surface area contributed by atoms with Gasteiger partial charge in [-0.2, -0.15) is 0 Å². The van der Waals surface area contributed by atoms with Crippen molar-refractivity contribution in [2.24, 2.45) is 0 Å². The highest BCUT2D eigenvalue weighted by atomic mass is 35.5. The lowest BCUT2D eigenvalue weighted by Crippen LogP contribution is -2.35. The minimum absolute atomic E-state index is 0.279. The Morgan fingerprint density at radius 1 is 1.03 bits per heavy atom. The second-order valence-electron chi connectivity index (χ2n) is 10.9. The molecule has 0 spiro atoms. The number of ether oxygens (including phenoxy) is 3. The Hall–Kier alpha value is -3.13. The highest BCUT2D eigenvalue weighted by Crippen LogP contribution is 2.49. The van der Waals surface area contributed by atoms with E-state index in [4.69, 9.17) is 30.8 Å². The Kier molecular flexibility index (Phi) is 6.26. The lowest BCUT2D eigenvalue weighted by atomic mass is 9.88. The first kappa shape index (κ1) is 24.9. The van der Waals surface area contributed by atoms with E-state index in [1.165, 1.54) is 11.6 Å². The molecular weight excluding hydrogens is 517 g/mol. The van der Waals surface area contributed by atoms with E-state index in [2.05, 4.69) is 33.7 Å². The van der Waals surface area contributed by atoms with Crippen molar-refractivity contribution in [3.8, 4) is 11.5 Å². The first-order valence-electron chi connectivity index (χ1n) is 13.7. The summed E-state index contributed by atoms with van der Waals surface area (Å²) >= 11 is 5.97. The molecule has 202 valence electrons. The molecule has 0 aliphatic carbocycles. The molecule has 1 aromatic heterocycles. The summed E-state index contributed by atoms with van der Waals surface area (Å²) in [4.78, 5) is 7.48. The van der Waals surface area contributed by atoms with Gasteiger partial charge < -0.3 is 18.8 Å². The average Bonchev–Trinajstić information content (AvgIpc) is 3.43. The Bertz CT molecular complexity index is 1530. The van der Waals surface area contributed by atoms with Gasteiger partial charge in [-0.3, -0.25) is 4.90 Å². The topological polar surface area (TPSA) is 48.8 Å². The van der Waals surface area contributed by atoms with Crippen molar-refractivity contribution < 1.29 is 18.6 Å². The number of halogens is 2. The van der Waals surface area contributed by atoms with Crippen molar-refractivity contribution in [1.82, 2.24) is 14.5 Å². The largest absolute Gasteiger partial charge is 0.444 e. The molecule has 2 atom stereocenters.